The SMILES string of the molecule is CCCCNC(=O)C(C)Sc1nnc(COc2ccc(C)cc2)o1. The zero-order chi connectivity index (χ0) is 17.4. The summed E-state index contributed by atoms with van der Waals surface area (Å²) in [7, 11) is 0. The molecule has 0 radical (unpaired) electrons. The highest BCUT2D eigenvalue weighted by atomic mass is 32.2. The molecule has 0 aliphatic rings. The minimum Gasteiger partial charge on any atom is -0.484 e. The van der Waals surface area contributed by atoms with Crippen LogP contribution in [0.5, 0.6) is 5.75 Å². The van der Waals surface area contributed by atoms with Gasteiger partial charge in [-0.05, 0) is 32.4 Å². The summed E-state index contributed by atoms with van der Waals surface area (Å²) >= 11 is 1.25. The third-order valence-electron chi connectivity index (χ3n) is 3.31. The molecule has 24 heavy (non-hydrogen) atoms. The molecule has 1 N–H and O–H groups in total. The molecule has 0 saturated carbocycles. The van der Waals surface area contributed by atoms with Crippen LogP contribution in [0, 0.1) is 6.92 Å². The van der Waals surface area contributed by atoms with Gasteiger partial charge < -0.3 is 14.5 Å². The van der Waals surface area contributed by atoms with E-state index in [1.165, 1.54) is 17.3 Å². The van der Waals surface area contributed by atoms with Crippen LogP contribution in [0.4, 0.5) is 0 Å². The number of ether oxygens (including phenoxy) is 1. The van der Waals surface area contributed by atoms with Crippen molar-refractivity contribution in [2.45, 2.75) is 50.7 Å². The van der Waals surface area contributed by atoms with Crippen molar-refractivity contribution < 1.29 is 13.9 Å². The summed E-state index contributed by atoms with van der Waals surface area (Å²) in [4.78, 5) is 11.9. The number of hydrogen-bond acceptors (Lipinski definition) is 6. The Morgan fingerprint density at radius 1 is 1.33 bits per heavy atom. The zero-order valence-corrected chi connectivity index (χ0v) is 15.1. The fraction of sp³-hybridized carbons (Fsp3) is 0.471. The van der Waals surface area contributed by atoms with E-state index in [-0.39, 0.29) is 17.8 Å². The van der Waals surface area contributed by atoms with Crippen molar-refractivity contribution in [3.8, 4) is 5.75 Å². The largest absolute Gasteiger partial charge is 0.484 e. The van der Waals surface area contributed by atoms with Crippen molar-refractivity contribution in [3.63, 3.8) is 0 Å². The monoisotopic (exact) mass is 349 g/mol. The number of aryl methyl sites for hydroxylation is 1. The second-order valence-corrected chi connectivity index (χ2v) is 6.76. The second-order valence-electron chi connectivity index (χ2n) is 5.47. The highest BCUT2D eigenvalue weighted by Gasteiger charge is 2.18. The molecule has 1 unspecified atom stereocenters. The van der Waals surface area contributed by atoms with E-state index < -0.39 is 0 Å². The third-order valence-corrected chi connectivity index (χ3v) is 4.24. The van der Waals surface area contributed by atoms with Gasteiger partial charge in [-0.15, -0.1) is 10.2 Å². The molecule has 7 heteroatoms. The minimum absolute atomic E-state index is 0.0240. The van der Waals surface area contributed by atoms with Gasteiger partial charge in [-0.1, -0.05) is 42.8 Å². The number of unbranched alkanes of at least 4 members (excludes halogenated alkanes) is 1. The van der Waals surface area contributed by atoms with Gasteiger partial charge in [0, 0.05) is 6.54 Å². The van der Waals surface area contributed by atoms with E-state index >= 15 is 0 Å². The topological polar surface area (TPSA) is 77.2 Å². The number of carbonyl (C=O) groups excluding carboxylic acids is 1. The molecule has 1 amide bonds. The maximum Gasteiger partial charge on any atom is 0.277 e. The first-order valence-corrected chi connectivity index (χ1v) is 8.92. The van der Waals surface area contributed by atoms with Gasteiger partial charge in [0.25, 0.3) is 11.1 Å². The summed E-state index contributed by atoms with van der Waals surface area (Å²) < 4.78 is 11.1. The first kappa shape index (κ1) is 18.3. The number of nitrogens with one attached hydrogen (secondary N) is 1. The Morgan fingerprint density at radius 3 is 2.79 bits per heavy atom. The molecule has 2 aromatic rings. The molecule has 0 aliphatic heterocycles. The third kappa shape index (κ3) is 5.88. The number of carbonyl (C=O) groups is 1. The first-order valence-electron chi connectivity index (χ1n) is 8.04. The first-order chi connectivity index (χ1) is 11.6. The Bertz CT molecular complexity index is 643. The molecule has 0 aliphatic carbocycles. The Labute approximate surface area is 146 Å². The van der Waals surface area contributed by atoms with Crippen molar-refractivity contribution >= 4 is 17.7 Å². The van der Waals surface area contributed by atoms with E-state index in [9.17, 15) is 4.79 Å². The van der Waals surface area contributed by atoms with Gasteiger partial charge in [0.15, 0.2) is 6.61 Å². The van der Waals surface area contributed by atoms with Gasteiger partial charge in [0.1, 0.15) is 5.75 Å². The number of amides is 1. The van der Waals surface area contributed by atoms with Crippen molar-refractivity contribution in [2.24, 2.45) is 0 Å². The van der Waals surface area contributed by atoms with Gasteiger partial charge in [-0.25, -0.2) is 0 Å². The summed E-state index contributed by atoms with van der Waals surface area (Å²) in [6.45, 7) is 6.82. The average Bonchev–Trinajstić information content (AvgIpc) is 3.02. The van der Waals surface area contributed by atoms with E-state index in [4.69, 9.17) is 9.15 Å². The van der Waals surface area contributed by atoms with E-state index in [2.05, 4.69) is 22.4 Å². The van der Waals surface area contributed by atoms with Gasteiger partial charge in [-0.2, -0.15) is 0 Å². The van der Waals surface area contributed by atoms with Crippen LogP contribution in [0.1, 0.15) is 38.1 Å². The summed E-state index contributed by atoms with van der Waals surface area (Å²) in [5.41, 5.74) is 1.17. The predicted octanol–water partition coefficient (Wildman–Crippen LogP) is 3.35. The van der Waals surface area contributed by atoms with Crippen molar-refractivity contribution in [3.05, 3.63) is 35.7 Å². The number of rotatable bonds is 9. The van der Waals surface area contributed by atoms with Crippen molar-refractivity contribution in [2.75, 3.05) is 6.54 Å². The molecule has 130 valence electrons. The second kappa shape index (κ2) is 9.32. The zero-order valence-electron chi connectivity index (χ0n) is 14.2. The Kier molecular flexibility index (Phi) is 7.11. The van der Waals surface area contributed by atoms with Crippen LogP contribution in [-0.2, 0) is 11.4 Å². The molecule has 2 rings (SSSR count). The van der Waals surface area contributed by atoms with Crippen LogP contribution in [0.15, 0.2) is 33.9 Å². The normalized spacial score (nSPS) is 12.0. The number of benzene rings is 1. The maximum absolute atomic E-state index is 11.9. The van der Waals surface area contributed by atoms with Crippen LogP contribution in [0.25, 0.3) is 0 Å². The molecule has 1 heterocycles. The van der Waals surface area contributed by atoms with Gasteiger partial charge in [-0.3, -0.25) is 4.79 Å². The average molecular weight is 349 g/mol. The van der Waals surface area contributed by atoms with Crippen molar-refractivity contribution in [1.82, 2.24) is 15.5 Å². The van der Waals surface area contributed by atoms with Gasteiger partial charge in [0.2, 0.25) is 5.91 Å². The summed E-state index contributed by atoms with van der Waals surface area (Å²) in [6.07, 6.45) is 2.03. The summed E-state index contributed by atoms with van der Waals surface area (Å²) in [5, 5.41) is 10.9. The van der Waals surface area contributed by atoms with Crippen molar-refractivity contribution in [1.29, 1.82) is 0 Å². The van der Waals surface area contributed by atoms with E-state index in [1.807, 2.05) is 38.1 Å². The van der Waals surface area contributed by atoms with E-state index in [1.54, 1.807) is 0 Å². The fourth-order valence-corrected chi connectivity index (χ4v) is 2.59. The minimum atomic E-state index is -0.284. The Hall–Kier alpha value is -2.02. The highest BCUT2D eigenvalue weighted by Crippen LogP contribution is 2.22. The Morgan fingerprint density at radius 2 is 2.08 bits per heavy atom. The molecule has 1 atom stereocenters. The van der Waals surface area contributed by atoms with Crippen LogP contribution in [0.3, 0.4) is 0 Å². The summed E-state index contributed by atoms with van der Waals surface area (Å²) in [6, 6.07) is 7.74. The lowest BCUT2D eigenvalue weighted by Crippen LogP contribution is -2.31. The van der Waals surface area contributed by atoms with Crippen LogP contribution in [0.2, 0.25) is 0 Å². The lowest BCUT2D eigenvalue weighted by Gasteiger charge is -2.09. The molecular formula is C17H23N3O3S. The molecule has 1 aromatic carbocycles. The lowest BCUT2D eigenvalue weighted by atomic mass is 10.2. The molecular weight excluding hydrogens is 326 g/mol. The van der Waals surface area contributed by atoms with E-state index in [0.717, 1.165) is 18.6 Å². The highest BCUT2D eigenvalue weighted by molar-refractivity contribution is 8.00. The number of hydrogen-bond donors (Lipinski definition) is 1. The molecule has 0 bridgehead atoms. The smallest absolute Gasteiger partial charge is 0.277 e. The number of thioether (sulfide) groups is 1. The predicted molar refractivity (Wildman–Crippen MR) is 93.0 cm³/mol. The quantitative estimate of drug-likeness (QED) is 0.552. The van der Waals surface area contributed by atoms with Gasteiger partial charge in [0.05, 0.1) is 5.25 Å². The maximum atomic E-state index is 11.9. The van der Waals surface area contributed by atoms with Crippen LogP contribution < -0.4 is 10.1 Å². The number of aromatic nitrogens is 2. The van der Waals surface area contributed by atoms with E-state index in [0.29, 0.717) is 17.7 Å². The standard InChI is InChI=1S/C17H23N3O3S/c1-4-5-10-18-16(21)13(3)24-17-20-19-15(23-17)11-22-14-8-6-12(2)7-9-14/h6-9,13H,4-5,10-11H2,1-3H3,(H,18,21). The fourth-order valence-electron chi connectivity index (χ4n) is 1.86. The van der Waals surface area contributed by atoms with Crippen LogP contribution in [-0.4, -0.2) is 27.9 Å². The molecule has 6 nitrogen and oxygen atoms in total. The molecule has 0 spiro atoms. The number of nitrogens with zero attached hydrogens (tertiary/aromatic N) is 2. The summed E-state index contributed by atoms with van der Waals surface area (Å²) in [5.74, 6) is 1.11. The van der Waals surface area contributed by atoms with Gasteiger partial charge >= 0.3 is 0 Å². The molecule has 1 aromatic heterocycles. The van der Waals surface area contributed by atoms with Crippen LogP contribution >= 0.6 is 11.8 Å². The molecule has 0 saturated heterocycles. The molecule has 0 fully saturated rings. The lowest BCUT2D eigenvalue weighted by molar-refractivity contribution is -0.120. The Balaban J connectivity index is 1.79.